The van der Waals surface area contributed by atoms with E-state index in [9.17, 15) is 8.42 Å². The molecule has 1 atom stereocenters. The molecule has 0 saturated carbocycles. The van der Waals surface area contributed by atoms with Crippen molar-refractivity contribution in [3.63, 3.8) is 0 Å². The summed E-state index contributed by atoms with van der Waals surface area (Å²) < 4.78 is 33.8. The number of benzene rings is 1. The summed E-state index contributed by atoms with van der Waals surface area (Å²) >= 11 is 0. The second-order valence-electron chi connectivity index (χ2n) is 6.60. The fraction of sp³-hybridized carbons (Fsp3) is 0.474. The van der Waals surface area contributed by atoms with Crippen LogP contribution in [0.1, 0.15) is 43.0 Å². The highest BCUT2D eigenvalue weighted by atomic mass is 32.2. The zero-order valence-corrected chi connectivity index (χ0v) is 15.5. The molecule has 0 spiro atoms. The largest absolute Gasteiger partial charge is 0.468 e. The zero-order chi connectivity index (χ0) is 17.7. The Hall–Kier alpha value is -1.63. The summed E-state index contributed by atoms with van der Waals surface area (Å²) in [6.07, 6.45) is 6.39. The Morgan fingerprint density at radius 3 is 2.44 bits per heavy atom. The molecule has 3 rings (SSSR count). The van der Waals surface area contributed by atoms with Crippen LogP contribution in [0.25, 0.3) is 0 Å². The van der Waals surface area contributed by atoms with Crippen molar-refractivity contribution in [2.75, 3.05) is 19.6 Å². The van der Waals surface area contributed by atoms with Crippen LogP contribution in [0.2, 0.25) is 0 Å². The molecule has 2 heterocycles. The Bertz CT molecular complexity index is 764. The van der Waals surface area contributed by atoms with Crippen LogP contribution in [0.15, 0.2) is 52.0 Å². The lowest BCUT2D eigenvalue weighted by Crippen LogP contribution is -2.38. The summed E-state index contributed by atoms with van der Waals surface area (Å²) in [7, 11) is -3.54. The van der Waals surface area contributed by atoms with Gasteiger partial charge in [-0.05, 0) is 56.6 Å². The third-order valence-corrected chi connectivity index (χ3v) is 6.39. The Labute approximate surface area is 150 Å². The van der Waals surface area contributed by atoms with Gasteiger partial charge in [-0.2, -0.15) is 0 Å². The average molecular weight is 362 g/mol. The third-order valence-electron chi connectivity index (χ3n) is 4.80. The molecule has 6 heteroatoms. The topological polar surface area (TPSA) is 62.6 Å². The molecule has 136 valence electrons. The van der Waals surface area contributed by atoms with E-state index < -0.39 is 10.0 Å². The second-order valence-corrected chi connectivity index (χ2v) is 8.33. The van der Waals surface area contributed by atoms with Gasteiger partial charge in [0.1, 0.15) is 5.76 Å². The summed E-state index contributed by atoms with van der Waals surface area (Å²) in [6, 6.07) is 10.8. The molecule has 1 saturated heterocycles. The summed E-state index contributed by atoms with van der Waals surface area (Å²) in [5, 5.41) is 0. The van der Waals surface area contributed by atoms with E-state index in [0.29, 0.717) is 11.4 Å². The van der Waals surface area contributed by atoms with Crippen LogP contribution in [-0.2, 0) is 10.0 Å². The lowest BCUT2D eigenvalue weighted by Gasteiger charge is -2.29. The molecular weight excluding hydrogens is 336 g/mol. The monoisotopic (exact) mass is 362 g/mol. The van der Waals surface area contributed by atoms with Crippen LogP contribution in [-0.4, -0.2) is 33.0 Å². The van der Waals surface area contributed by atoms with Crippen LogP contribution in [0, 0.1) is 6.92 Å². The molecule has 1 unspecified atom stereocenters. The van der Waals surface area contributed by atoms with Gasteiger partial charge in [0.25, 0.3) is 0 Å². The number of rotatable bonds is 6. The molecule has 25 heavy (non-hydrogen) atoms. The predicted octanol–water partition coefficient (Wildman–Crippen LogP) is 3.48. The number of aryl methyl sites for hydroxylation is 1. The first-order valence-corrected chi connectivity index (χ1v) is 10.4. The minimum atomic E-state index is -3.54. The van der Waals surface area contributed by atoms with Gasteiger partial charge in [-0.3, -0.25) is 4.90 Å². The first-order valence-electron chi connectivity index (χ1n) is 8.91. The van der Waals surface area contributed by atoms with E-state index in [1.54, 1.807) is 18.4 Å². The van der Waals surface area contributed by atoms with E-state index in [1.165, 1.54) is 12.8 Å². The van der Waals surface area contributed by atoms with Crippen molar-refractivity contribution in [3.05, 3.63) is 54.0 Å². The summed E-state index contributed by atoms with van der Waals surface area (Å²) in [4.78, 5) is 2.68. The standard InChI is InChI=1S/C19H26N2O3S/c1-16-9-4-5-11-19(16)25(22,23)20-15-17(18-10-8-14-24-18)21-12-6-2-3-7-13-21/h4-5,8-11,14,17,20H,2-3,6-7,12-13,15H2,1H3. The lowest BCUT2D eigenvalue weighted by molar-refractivity contribution is 0.182. The number of furan rings is 1. The Balaban J connectivity index is 1.77. The smallest absolute Gasteiger partial charge is 0.240 e. The molecule has 0 amide bonds. The van der Waals surface area contributed by atoms with Gasteiger partial charge >= 0.3 is 0 Å². The van der Waals surface area contributed by atoms with Crippen molar-refractivity contribution in [2.45, 2.75) is 43.5 Å². The van der Waals surface area contributed by atoms with Gasteiger partial charge < -0.3 is 4.42 Å². The van der Waals surface area contributed by atoms with Crippen molar-refractivity contribution < 1.29 is 12.8 Å². The molecule has 0 bridgehead atoms. The van der Waals surface area contributed by atoms with Gasteiger partial charge in [-0.25, -0.2) is 13.1 Å². The fourth-order valence-corrected chi connectivity index (χ4v) is 4.70. The number of sulfonamides is 1. The van der Waals surface area contributed by atoms with Gasteiger partial charge in [0, 0.05) is 6.54 Å². The Morgan fingerprint density at radius 2 is 1.80 bits per heavy atom. The summed E-state index contributed by atoms with van der Waals surface area (Å²) in [5.41, 5.74) is 0.749. The molecule has 0 radical (unpaired) electrons. The van der Waals surface area contributed by atoms with Crippen LogP contribution in [0.5, 0.6) is 0 Å². The molecule has 2 aromatic rings. The van der Waals surface area contributed by atoms with Crippen molar-refractivity contribution >= 4 is 10.0 Å². The molecule has 1 aliphatic heterocycles. The van der Waals surface area contributed by atoms with E-state index in [4.69, 9.17) is 4.42 Å². The van der Waals surface area contributed by atoms with Crippen LogP contribution < -0.4 is 4.72 Å². The molecule has 1 aliphatic rings. The van der Waals surface area contributed by atoms with Gasteiger partial charge in [-0.1, -0.05) is 31.0 Å². The summed E-state index contributed by atoms with van der Waals surface area (Å²) in [6.45, 7) is 4.06. The molecule has 0 aliphatic carbocycles. The van der Waals surface area contributed by atoms with Crippen LogP contribution >= 0.6 is 0 Å². The van der Waals surface area contributed by atoms with Gasteiger partial charge in [0.2, 0.25) is 10.0 Å². The lowest BCUT2D eigenvalue weighted by atomic mass is 10.2. The third kappa shape index (κ3) is 4.51. The second kappa shape index (κ2) is 8.17. The van der Waals surface area contributed by atoms with E-state index in [-0.39, 0.29) is 6.04 Å². The molecule has 1 N–H and O–H groups in total. The number of nitrogens with one attached hydrogen (secondary N) is 1. The Kier molecular flexibility index (Phi) is 5.93. The van der Waals surface area contributed by atoms with Crippen molar-refractivity contribution in [3.8, 4) is 0 Å². The number of hydrogen-bond donors (Lipinski definition) is 1. The molecule has 1 fully saturated rings. The minimum absolute atomic E-state index is 0.0770. The highest BCUT2D eigenvalue weighted by Crippen LogP contribution is 2.25. The maximum Gasteiger partial charge on any atom is 0.240 e. The van der Waals surface area contributed by atoms with Crippen molar-refractivity contribution in [1.29, 1.82) is 0 Å². The Morgan fingerprint density at radius 1 is 1.08 bits per heavy atom. The van der Waals surface area contributed by atoms with E-state index in [1.807, 2.05) is 31.2 Å². The number of nitrogens with zero attached hydrogens (tertiary/aromatic N) is 1. The van der Waals surface area contributed by atoms with Crippen LogP contribution in [0.4, 0.5) is 0 Å². The molecule has 1 aromatic carbocycles. The molecule has 1 aromatic heterocycles. The fourth-order valence-electron chi connectivity index (χ4n) is 3.42. The first kappa shape index (κ1) is 18.2. The normalized spacial score (nSPS) is 18.0. The van der Waals surface area contributed by atoms with Gasteiger partial charge in [-0.15, -0.1) is 0 Å². The van der Waals surface area contributed by atoms with Gasteiger partial charge in [0.15, 0.2) is 0 Å². The quantitative estimate of drug-likeness (QED) is 0.854. The highest BCUT2D eigenvalue weighted by molar-refractivity contribution is 7.89. The van der Waals surface area contributed by atoms with Gasteiger partial charge in [0.05, 0.1) is 17.2 Å². The van der Waals surface area contributed by atoms with Crippen molar-refractivity contribution in [2.24, 2.45) is 0 Å². The van der Waals surface area contributed by atoms with Crippen LogP contribution in [0.3, 0.4) is 0 Å². The van der Waals surface area contributed by atoms with Crippen molar-refractivity contribution in [1.82, 2.24) is 9.62 Å². The average Bonchev–Trinajstić information content (AvgIpc) is 2.98. The maximum atomic E-state index is 12.7. The number of likely N-dealkylation sites (tertiary alicyclic amines) is 1. The SMILES string of the molecule is Cc1ccccc1S(=O)(=O)NCC(c1ccco1)N1CCCCCC1. The predicted molar refractivity (Wildman–Crippen MR) is 97.9 cm³/mol. The number of hydrogen-bond acceptors (Lipinski definition) is 4. The maximum absolute atomic E-state index is 12.7. The molecular formula is C19H26N2O3S. The summed E-state index contributed by atoms with van der Waals surface area (Å²) in [5.74, 6) is 0.814. The minimum Gasteiger partial charge on any atom is -0.468 e. The van der Waals surface area contributed by atoms with E-state index in [2.05, 4.69) is 9.62 Å². The zero-order valence-electron chi connectivity index (χ0n) is 14.6. The van der Waals surface area contributed by atoms with E-state index in [0.717, 1.165) is 37.3 Å². The highest BCUT2D eigenvalue weighted by Gasteiger charge is 2.26. The van der Waals surface area contributed by atoms with E-state index >= 15 is 0 Å². The first-order chi connectivity index (χ1) is 12.1. The molecule has 5 nitrogen and oxygen atoms in total.